The van der Waals surface area contributed by atoms with Crippen molar-refractivity contribution in [3.05, 3.63) is 0 Å². The largest absolute Gasteiger partial charge is 0.394 e. The van der Waals surface area contributed by atoms with Gasteiger partial charge in [-0.1, -0.05) is 75.5 Å². The van der Waals surface area contributed by atoms with Crippen molar-refractivity contribution in [1.29, 1.82) is 0 Å². The van der Waals surface area contributed by atoms with Gasteiger partial charge in [0.2, 0.25) is 17.7 Å². The van der Waals surface area contributed by atoms with Crippen molar-refractivity contribution in [3.63, 3.8) is 0 Å². The highest BCUT2D eigenvalue weighted by Crippen LogP contribution is 2.26. The van der Waals surface area contributed by atoms with Crippen molar-refractivity contribution in [3.8, 4) is 0 Å². The highest BCUT2D eigenvalue weighted by molar-refractivity contribution is 9.09. The molecule has 0 aliphatic carbocycles. The van der Waals surface area contributed by atoms with E-state index in [1.807, 2.05) is 27.7 Å². The van der Waals surface area contributed by atoms with Crippen molar-refractivity contribution < 1.29 is 48.3 Å². The Hall–Kier alpha value is -0.430. The van der Waals surface area contributed by atoms with E-state index in [0.717, 1.165) is 23.5 Å². The van der Waals surface area contributed by atoms with E-state index in [2.05, 4.69) is 63.7 Å². The van der Waals surface area contributed by atoms with Crippen LogP contribution >= 0.6 is 47.8 Å². The van der Waals surface area contributed by atoms with Gasteiger partial charge in [-0.2, -0.15) is 0 Å². The molecule has 0 aromatic carbocycles. The van der Waals surface area contributed by atoms with E-state index in [4.69, 9.17) is 28.8 Å². The third kappa shape index (κ3) is 24.7. The minimum Gasteiger partial charge on any atom is -0.394 e. The van der Waals surface area contributed by atoms with Gasteiger partial charge in [0.15, 0.2) is 0 Å². The summed E-state index contributed by atoms with van der Waals surface area (Å²) >= 11 is 10.2. The van der Waals surface area contributed by atoms with Gasteiger partial charge in [0.25, 0.3) is 0 Å². The molecule has 3 atom stereocenters. The summed E-state index contributed by atoms with van der Waals surface area (Å²) in [6.07, 6.45) is 2.72. The fraction of sp³-hybridized carbons (Fsp3) is 0.912. The molecule has 50 heavy (non-hydrogen) atoms. The van der Waals surface area contributed by atoms with Crippen LogP contribution in [-0.4, -0.2) is 141 Å². The summed E-state index contributed by atoms with van der Waals surface area (Å²) in [7, 11) is 0. The fourth-order valence-electron chi connectivity index (χ4n) is 4.60. The van der Waals surface area contributed by atoms with Crippen LogP contribution in [0.1, 0.15) is 66.2 Å². The molecule has 0 aliphatic rings. The molecule has 0 bridgehead atoms. The molecule has 3 unspecified atom stereocenters. The third-order valence-electron chi connectivity index (χ3n) is 8.21. The number of carbonyl (C=O) groups excluding carboxylic acids is 3. The molecule has 0 rings (SSSR count). The second-order valence-corrected chi connectivity index (χ2v) is 15.3. The average Bonchev–Trinajstić information content (AvgIpc) is 3.08. The number of nitrogens with one attached hydrogen (secondary N) is 3. The van der Waals surface area contributed by atoms with E-state index >= 15 is 0 Å². The van der Waals surface area contributed by atoms with Gasteiger partial charge in [-0.25, -0.2) is 0 Å². The van der Waals surface area contributed by atoms with Crippen molar-refractivity contribution in [2.24, 2.45) is 17.3 Å². The monoisotopic (exact) mass is 911 g/mol. The number of ether oxygens (including phenoxy) is 5. The second-order valence-electron chi connectivity index (χ2n) is 12.9. The van der Waals surface area contributed by atoms with Crippen LogP contribution in [0.15, 0.2) is 0 Å². The zero-order valence-electron chi connectivity index (χ0n) is 30.6. The lowest BCUT2D eigenvalue weighted by Gasteiger charge is -2.35. The molecule has 0 saturated carbocycles. The molecule has 0 radical (unpaired) electrons. The van der Waals surface area contributed by atoms with Crippen LogP contribution in [0.25, 0.3) is 0 Å². The van der Waals surface area contributed by atoms with Gasteiger partial charge < -0.3 is 49.8 Å². The van der Waals surface area contributed by atoms with Gasteiger partial charge in [-0.3, -0.25) is 14.4 Å². The molecule has 3 amide bonds. The number of carbonyl (C=O) groups is 3. The minimum atomic E-state index is -0.884. The SMILES string of the molecule is CC(CCBr)C(=O)NCCC(CCNC(=O)C(C)CCBr)(CCNC(=O)C(C)(C)CCBr)OCCOCCOCCOCCOCC(O)CO. The summed E-state index contributed by atoms with van der Waals surface area (Å²) in [5, 5.41) is 29.4. The summed E-state index contributed by atoms with van der Waals surface area (Å²) in [6.45, 7) is 11.3. The maximum atomic E-state index is 13.0. The van der Waals surface area contributed by atoms with Gasteiger partial charge in [-0.05, 0) is 38.5 Å². The Kier molecular flexibility index (Phi) is 30.7. The second kappa shape index (κ2) is 31.0. The highest BCUT2D eigenvalue weighted by Gasteiger charge is 2.33. The number of amides is 3. The van der Waals surface area contributed by atoms with Gasteiger partial charge in [0.1, 0.15) is 6.10 Å². The van der Waals surface area contributed by atoms with Crippen LogP contribution in [0.4, 0.5) is 0 Å². The molecule has 0 saturated heterocycles. The third-order valence-corrected chi connectivity index (χ3v) is 9.52. The van der Waals surface area contributed by atoms with E-state index in [-0.39, 0.29) is 49.4 Å². The van der Waals surface area contributed by atoms with E-state index in [1.165, 1.54) is 0 Å². The molecule has 16 heteroatoms. The summed E-state index contributed by atoms with van der Waals surface area (Å²) in [4.78, 5) is 38.4. The quantitative estimate of drug-likeness (QED) is 0.0477. The first kappa shape index (κ1) is 49.6. The fourth-order valence-corrected chi connectivity index (χ4v) is 6.96. The van der Waals surface area contributed by atoms with Crippen LogP contribution in [0.5, 0.6) is 0 Å². The van der Waals surface area contributed by atoms with Crippen LogP contribution < -0.4 is 16.0 Å². The zero-order valence-corrected chi connectivity index (χ0v) is 35.3. The maximum absolute atomic E-state index is 13.0. The number of hydrogen-bond donors (Lipinski definition) is 5. The smallest absolute Gasteiger partial charge is 0.225 e. The Bertz CT molecular complexity index is 861. The molecule has 13 nitrogen and oxygen atoms in total. The molecule has 0 aliphatic heterocycles. The highest BCUT2D eigenvalue weighted by atomic mass is 79.9. The summed E-state index contributed by atoms with van der Waals surface area (Å²) in [5.41, 5.74) is -1.28. The number of aliphatic hydroxyl groups excluding tert-OH is 2. The standard InChI is InChI=1S/C34H64Br3N3O10/c1-27(5-11-35)30(43)38-14-8-34(9-15-39-31(44)28(2)6-12-36,10-16-40-32(45)33(3,4)7-13-37)50-24-23-48-20-19-46-17-18-47-21-22-49-26-29(42)25-41/h27-29,41-42H,5-26H2,1-4H3,(H,38,43)(H,39,44)(H,40,45). The number of hydrogen-bond acceptors (Lipinski definition) is 10. The van der Waals surface area contributed by atoms with E-state index in [1.54, 1.807) is 0 Å². The zero-order chi connectivity index (χ0) is 37.7. The van der Waals surface area contributed by atoms with Crippen LogP contribution in [0, 0.1) is 17.3 Å². The van der Waals surface area contributed by atoms with E-state index in [0.29, 0.717) is 96.9 Å². The summed E-state index contributed by atoms with van der Waals surface area (Å²) < 4.78 is 28.4. The first-order valence-electron chi connectivity index (χ1n) is 17.6. The van der Waals surface area contributed by atoms with E-state index < -0.39 is 17.1 Å². The van der Waals surface area contributed by atoms with Crippen LogP contribution in [0.2, 0.25) is 0 Å². The predicted molar refractivity (Wildman–Crippen MR) is 205 cm³/mol. The molecule has 0 aromatic heterocycles. The van der Waals surface area contributed by atoms with Gasteiger partial charge in [0.05, 0.1) is 71.7 Å². The number of halogens is 3. The molecule has 0 heterocycles. The Morgan fingerprint density at radius 2 is 1.06 bits per heavy atom. The molecule has 0 spiro atoms. The lowest BCUT2D eigenvalue weighted by Crippen LogP contribution is -2.46. The van der Waals surface area contributed by atoms with Gasteiger partial charge in [0, 0.05) is 52.9 Å². The Balaban J connectivity index is 5.21. The molecule has 5 N–H and O–H groups in total. The molecule has 0 aromatic rings. The first-order valence-corrected chi connectivity index (χ1v) is 21.0. The van der Waals surface area contributed by atoms with Crippen LogP contribution in [-0.2, 0) is 38.1 Å². The van der Waals surface area contributed by atoms with E-state index in [9.17, 15) is 19.5 Å². The number of aliphatic hydroxyl groups is 2. The maximum Gasteiger partial charge on any atom is 0.225 e. The van der Waals surface area contributed by atoms with Crippen LogP contribution in [0.3, 0.4) is 0 Å². The lowest BCUT2D eigenvalue weighted by atomic mass is 9.88. The van der Waals surface area contributed by atoms with Crippen molar-refractivity contribution in [2.45, 2.75) is 77.9 Å². The molecular weight excluding hydrogens is 850 g/mol. The van der Waals surface area contributed by atoms with Crippen molar-refractivity contribution in [1.82, 2.24) is 16.0 Å². The Labute approximate surface area is 325 Å². The number of alkyl halides is 3. The normalized spacial score (nSPS) is 14.8. The lowest BCUT2D eigenvalue weighted by molar-refractivity contribution is -0.130. The molecular formula is C34H64Br3N3O10. The minimum absolute atomic E-state index is 0.0278. The summed E-state index contributed by atoms with van der Waals surface area (Å²) in [5.74, 6) is -0.367. The molecule has 296 valence electrons. The van der Waals surface area contributed by atoms with Crippen molar-refractivity contribution >= 4 is 65.5 Å². The Morgan fingerprint density at radius 3 is 1.48 bits per heavy atom. The predicted octanol–water partition coefficient (Wildman–Crippen LogP) is 3.33. The number of rotatable bonds is 34. The average molecular weight is 915 g/mol. The Morgan fingerprint density at radius 1 is 0.640 bits per heavy atom. The first-order chi connectivity index (χ1) is 23.9. The molecule has 0 fully saturated rings. The van der Waals surface area contributed by atoms with Gasteiger partial charge >= 0.3 is 0 Å². The topological polar surface area (TPSA) is 174 Å². The summed E-state index contributed by atoms with van der Waals surface area (Å²) in [6, 6.07) is 0. The van der Waals surface area contributed by atoms with Gasteiger partial charge in [-0.15, -0.1) is 0 Å². The van der Waals surface area contributed by atoms with Crippen molar-refractivity contribution in [2.75, 3.05) is 102 Å².